The summed E-state index contributed by atoms with van der Waals surface area (Å²) in [5, 5.41) is 4.97. The van der Waals surface area contributed by atoms with Crippen molar-refractivity contribution in [1.82, 2.24) is 9.62 Å². The van der Waals surface area contributed by atoms with Gasteiger partial charge in [0, 0.05) is 19.6 Å². The number of rotatable bonds is 6. The Balaban J connectivity index is 2.07. The molecule has 0 atom stereocenters. The highest BCUT2D eigenvalue weighted by molar-refractivity contribution is 7.91. The molecule has 1 aromatic heterocycles. The zero-order chi connectivity index (χ0) is 15.5. The van der Waals surface area contributed by atoms with E-state index in [-0.39, 0.29) is 6.04 Å². The second-order valence-corrected chi connectivity index (χ2v) is 9.04. The van der Waals surface area contributed by atoms with E-state index < -0.39 is 10.0 Å². The zero-order valence-electron chi connectivity index (χ0n) is 13.1. The molecule has 0 aliphatic heterocycles. The summed E-state index contributed by atoms with van der Waals surface area (Å²) in [5.41, 5.74) is 1.03. The van der Waals surface area contributed by atoms with E-state index in [0.29, 0.717) is 10.8 Å². The molecular formula is C15H26N2O2S2. The summed E-state index contributed by atoms with van der Waals surface area (Å²) in [5.74, 6) is 0.779. The standard InChI is InChI=1S/C15H26N2O2S2/c1-4-12-5-7-14(8-6-12)17(3)21(18,19)15-9-13(10-16-2)11-20-15/h9,11-12,14,16H,4-8,10H2,1-3H3. The van der Waals surface area contributed by atoms with Crippen molar-refractivity contribution in [3.63, 3.8) is 0 Å². The van der Waals surface area contributed by atoms with Crippen LogP contribution >= 0.6 is 11.3 Å². The lowest BCUT2D eigenvalue weighted by atomic mass is 9.85. The van der Waals surface area contributed by atoms with E-state index in [1.165, 1.54) is 17.8 Å². The average molecular weight is 331 g/mol. The van der Waals surface area contributed by atoms with Crippen LogP contribution < -0.4 is 5.32 Å². The van der Waals surface area contributed by atoms with Crippen LogP contribution in [-0.4, -0.2) is 32.9 Å². The molecule has 2 rings (SSSR count). The van der Waals surface area contributed by atoms with Crippen LogP contribution in [0.2, 0.25) is 0 Å². The molecule has 6 heteroatoms. The highest BCUT2D eigenvalue weighted by Gasteiger charge is 2.31. The molecule has 0 radical (unpaired) electrons. The van der Waals surface area contributed by atoms with Gasteiger partial charge in [0.15, 0.2) is 0 Å². The van der Waals surface area contributed by atoms with Gasteiger partial charge < -0.3 is 5.32 Å². The van der Waals surface area contributed by atoms with Gasteiger partial charge in [0.2, 0.25) is 0 Å². The topological polar surface area (TPSA) is 49.4 Å². The first-order chi connectivity index (χ1) is 9.98. The van der Waals surface area contributed by atoms with E-state index in [1.807, 2.05) is 12.4 Å². The molecule has 0 spiro atoms. The smallest absolute Gasteiger partial charge is 0.252 e. The van der Waals surface area contributed by atoms with Gasteiger partial charge in [-0.2, -0.15) is 4.31 Å². The first-order valence-corrected chi connectivity index (χ1v) is 10.0. The molecule has 120 valence electrons. The third-order valence-corrected chi connectivity index (χ3v) is 7.93. The van der Waals surface area contributed by atoms with Crippen LogP contribution in [0.3, 0.4) is 0 Å². The Morgan fingerprint density at radius 3 is 2.57 bits per heavy atom. The summed E-state index contributed by atoms with van der Waals surface area (Å²) >= 11 is 1.32. The average Bonchev–Trinajstić information content (AvgIpc) is 2.96. The van der Waals surface area contributed by atoms with Crippen molar-refractivity contribution in [2.45, 2.75) is 55.8 Å². The minimum atomic E-state index is -3.34. The molecular weight excluding hydrogens is 304 g/mol. The number of hydrogen-bond donors (Lipinski definition) is 1. The van der Waals surface area contributed by atoms with Gasteiger partial charge in [-0.05, 0) is 55.7 Å². The lowest BCUT2D eigenvalue weighted by Gasteiger charge is -2.33. The third-order valence-electron chi connectivity index (χ3n) is 4.55. The summed E-state index contributed by atoms with van der Waals surface area (Å²) in [6.45, 7) is 2.93. The van der Waals surface area contributed by atoms with Crippen LogP contribution in [0.1, 0.15) is 44.6 Å². The fourth-order valence-corrected chi connectivity index (χ4v) is 5.85. The monoisotopic (exact) mass is 330 g/mol. The molecule has 1 fully saturated rings. The first kappa shape index (κ1) is 16.9. The second-order valence-electron chi connectivity index (χ2n) is 5.91. The highest BCUT2D eigenvalue weighted by atomic mass is 32.2. The molecule has 0 aromatic carbocycles. The molecule has 1 N–H and O–H groups in total. The van der Waals surface area contributed by atoms with Crippen LogP contribution in [0.15, 0.2) is 15.7 Å². The molecule has 1 saturated carbocycles. The normalized spacial score (nSPS) is 23.6. The van der Waals surface area contributed by atoms with Crippen molar-refractivity contribution in [1.29, 1.82) is 0 Å². The predicted molar refractivity (Wildman–Crippen MR) is 88.1 cm³/mol. The largest absolute Gasteiger partial charge is 0.316 e. The summed E-state index contributed by atoms with van der Waals surface area (Å²) in [6, 6.07) is 1.96. The van der Waals surface area contributed by atoms with Crippen LogP contribution in [-0.2, 0) is 16.6 Å². The number of nitrogens with zero attached hydrogens (tertiary/aromatic N) is 1. The van der Waals surface area contributed by atoms with Crippen LogP contribution in [0.5, 0.6) is 0 Å². The molecule has 0 amide bonds. The Morgan fingerprint density at radius 1 is 1.33 bits per heavy atom. The van der Waals surface area contributed by atoms with E-state index in [2.05, 4.69) is 12.2 Å². The van der Waals surface area contributed by atoms with Gasteiger partial charge in [-0.15, -0.1) is 11.3 Å². The molecule has 21 heavy (non-hydrogen) atoms. The highest BCUT2D eigenvalue weighted by Crippen LogP contribution is 2.32. The number of hydrogen-bond acceptors (Lipinski definition) is 4. The van der Waals surface area contributed by atoms with Crippen LogP contribution in [0.25, 0.3) is 0 Å². The van der Waals surface area contributed by atoms with Gasteiger partial charge in [0.05, 0.1) is 0 Å². The number of sulfonamides is 1. The Kier molecular flexibility index (Phi) is 5.82. The Morgan fingerprint density at radius 2 is 2.00 bits per heavy atom. The van der Waals surface area contributed by atoms with Crippen LogP contribution in [0, 0.1) is 5.92 Å². The molecule has 4 nitrogen and oxygen atoms in total. The van der Waals surface area contributed by atoms with Crippen molar-refractivity contribution in [2.75, 3.05) is 14.1 Å². The summed E-state index contributed by atoms with van der Waals surface area (Å²) in [7, 11) is 0.269. The summed E-state index contributed by atoms with van der Waals surface area (Å²) in [4.78, 5) is 0. The van der Waals surface area contributed by atoms with E-state index in [9.17, 15) is 8.42 Å². The lowest BCUT2D eigenvalue weighted by molar-refractivity contribution is 0.233. The van der Waals surface area contributed by atoms with Gasteiger partial charge in [0.1, 0.15) is 4.21 Å². The second kappa shape index (κ2) is 7.22. The van der Waals surface area contributed by atoms with Crippen molar-refractivity contribution < 1.29 is 8.42 Å². The minimum Gasteiger partial charge on any atom is -0.316 e. The van der Waals surface area contributed by atoms with E-state index in [1.54, 1.807) is 17.4 Å². The van der Waals surface area contributed by atoms with Gasteiger partial charge in [-0.25, -0.2) is 8.42 Å². The molecule has 1 aliphatic rings. The molecule has 0 saturated heterocycles. The van der Waals surface area contributed by atoms with Crippen molar-refractivity contribution >= 4 is 21.4 Å². The fraction of sp³-hybridized carbons (Fsp3) is 0.733. The predicted octanol–water partition coefficient (Wildman–Crippen LogP) is 3.06. The van der Waals surface area contributed by atoms with Crippen molar-refractivity contribution in [2.24, 2.45) is 5.92 Å². The van der Waals surface area contributed by atoms with Gasteiger partial charge in [0.25, 0.3) is 10.0 Å². The van der Waals surface area contributed by atoms with E-state index in [4.69, 9.17) is 0 Å². The SMILES string of the molecule is CCC1CCC(N(C)S(=O)(=O)c2cc(CNC)cs2)CC1. The number of nitrogens with one attached hydrogen (secondary N) is 1. The number of thiophene rings is 1. The molecule has 1 aromatic rings. The molecule has 0 bridgehead atoms. The van der Waals surface area contributed by atoms with Gasteiger partial charge >= 0.3 is 0 Å². The molecule has 1 aliphatic carbocycles. The van der Waals surface area contributed by atoms with Gasteiger partial charge in [-0.3, -0.25) is 0 Å². The molecule has 0 unspecified atom stereocenters. The minimum absolute atomic E-state index is 0.160. The molecule has 1 heterocycles. The maximum Gasteiger partial charge on any atom is 0.252 e. The van der Waals surface area contributed by atoms with Gasteiger partial charge in [-0.1, -0.05) is 13.3 Å². The summed E-state index contributed by atoms with van der Waals surface area (Å²) in [6.07, 6.45) is 5.49. The third kappa shape index (κ3) is 3.86. The quantitative estimate of drug-likeness (QED) is 0.872. The maximum atomic E-state index is 12.7. The van der Waals surface area contributed by atoms with E-state index >= 15 is 0 Å². The zero-order valence-corrected chi connectivity index (χ0v) is 14.8. The summed E-state index contributed by atoms with van der Waals surface area (Å²) < 4.78 is 27.5. The Labute approximate surface area is 132 Å². The van der Waals surface area contributed by atoms with E-state index in [0.717, 1.165) is 37.2 Å². The fourth-order valence-electron chi connectivity index (χ4n) is 3.04. The van der Waals surface area contributed by atoms with Crippen molar-refractivity contribution in [3.05, 3.63) is 17.0 Å². The Bertz CT molecular complexity index is 546. The van der Waals surface area contributed by atoms with Crippen molar-refractivity contribution in [3.8, 4) is 0 Å². The first-order valence-electron chi connectivity index (χ1n) is 7.69. The maximum absolute atomic E-state index is 12.7. The van der Waals surface area contributed by atoms with Crippen LogP contribution in [0.4, 0.5) is 0 Å². The Hall–Kier alpha value is -0.430. The lowest BCUT2D eigenvalue weighted by Crippen LogP contribution is -2.39.